The number of nitrogens with one attached hydrogen (secondary N) is 1. The predicted molar refractivity (Wildman–Crippen MR) is 66.0 cm³/mol. The Morgan fingerprint density at radius 1 is 1.56 bits per heavy atom. The van der Waals surface area contributed by atoms with E-state index in [0.29, 0.717) is 5.75 Å². The van der Waals surface area contributed by atoms with Gasteiger partial charge in [-0.25, -0.2) is 0 Å². The smallest absolute Gasteiger partial charge is 0.324 e. The molecular weight excluding hydrogens is 226 g/mol. The molecule has 94 valence electrons. The summed E-state index contributed by atoms with van der Waals surface area (Å²) in [6, 6.07) is 0. The zero-order valence-corrected chi connectivity index (χ0v) is 10.6. The molecule has 0 bridgehead atoms. The van der Waals surface area contributed by atoms with Gasteiger partial charge in [0.05, 0.1) is 0 Å². The molecule has 1 fully saturated rings. The van der Waals surface area contributed by atoms with Gasteiger partial charge < -0.3 is 15.2 Å². The molecule has 1 heterocycles. The average Bonchev–Trinajstić information content (AvgIpc) is 2.30. The maximum atomic E-state index is 11.3. The molecule has 1 saturated heterocycles. The van der Waals surface area contributed by atoms with Gasteiger partial charge in [0.2, 0.25) is 0 Å². The number of carboxylic acids is 1. The Morgan fingerprint density at radius 3 is 2.94 bits per heavy atom. The van der Waals surface area contributed by atoms with Gasteiger partial charge in [-0.15, -0.1) is 0 Å². The predicted octanol–water partition coefficient (Wildman–Crippen LogP) is 1.35. The van der Waals surface area contributed by atoms with Crippen molar-refractivity contribution in [2.45, 2.75) is 31.2 Å². The van der Waals surface area contributed by atoms with Crippen LogP contribution in [0, 0.1) is 0 Å². The van der Waals surface area contributed by atoms with Crippen LogP contribution in [-0.2, 0) is 9.53 Å². The highest BCUT2D eigenvalue weighted by molar-refractivity contribution is 7.99. The fourth-order valence-electron chi connectivity index (χ4n) is 1.88. The Kier molecular flexibility index (Phi) is 6.16. The number of carboxylic acid groups (broad SMARTS) is 1. The van der Waals surface area contributed by atoms with E-state index >= 15 is 0 Å². The number of rotatable bonds is 7. The first-order valence-electron chi connectivity index (χ1n) is 5.76. The Hall–Kier alpha value is -0.260. The summed E-state index contributed by atoms with van der Waals surface area (Å²) in [7, 11) is 1.68. The van der Waals surface area contributed by atoms with E-state index in [9.17, 15) is 9.90 Å². The molecule has 0 spiro atoms. The number of methoxy groups -OCH3 is 1. The van der Waals surface area contributed by atoms with E-state index in [2.05, 4.69) is 5.32 Å². The average molecular weight is 247 g/mol. The monoisotopic (exact) mass is 247 g/mol. The Bertz CT molecular complexity index is 217. The normalized spacial score (nSPS) is 25.6. The highest BCUT2D eigenvalue weighted by Gasteiger charge is 2.39. The van der Waals surface area contributed by atoms with Crippen LogP contribution >= 0.6 is 11.8 Å². The van der Waals surface area contributed by atoms with Crippen molar-refractivity contribution in [2.24, 2.45) is 0 Å². The minimum atomic E-state index is -0.702. The van der Waals surface area contributed by atoms with Crippen LogP contribution in [-0.4, -0.2) is 48.4 Å². The minimum absolute atomic E-state index is 0.685. The quantitative estimate of drug-likeness (QED) is 0.665. The van der Waals surface area contributed by atoms with Gasteiger partial charge in [0.1, 0.15) is 5.54 Å². The number of hydrogen-bond donors (Lipinski definition) is 2. The van der Waals surface area contributed by atoms with Crippen LogP contribution in [0.25, 0.3) is 0 Å². The summed E-state index contributed by atoms with van der Waals surface area (Å²) in [6.07, 6.45) is 3.68. The SMILES string of the molecule is COCCCCNC1(C(=O)O)CCCSC1. The van der Waals surface area contributed by atoms with Crippen LogP contribution < -0.4 is 5.32 Å². The lowest BCUT2D eigenvalue weighted by atomic mass is 9.95. The van der Waals surface area contributed by atoms with E-state index in [4.69, 9.17) is 4.74 Å². The van der Waals surface area contributed by atoms with Crippen molar-refractivity contribution in [2.75, 3.05) is 31.8 Å². The second-order valence-corrected chi connectivity index (χ2v) is 5.28. The molecule has 1 unspecified atom stereocenters. The van der Waals surface area contributed by atoms with Crippen molar-refractivity contribution >= 4 is 17.7 Å². The molecule has 4 nitrogen and oxygen atoms in total. The van der Waals surface area contributed by atoms with E-state index in [0.717, 1.165) is 44.6 Å². The molecule has 0 amide bonds. The van der Waals surface area contributed by atoms with Crippen LogP contribution in [0.4, 0.5) is 0 Å². The summed E-state index contributed by atoms with van der Waals surface area (Å²) < 4.78 is 4.96. The third kappa shape index (κ3) is 3.96. The first kappa shape index (κ1) is 13.8. The van der Waals surface area contributed by atoms with E-state index in [1.54, 1.807) is 18.9 Å². The zero-order chi connectivity index (χ0) is 11.9. The maximum Gasteiger partial charge on any atom is 0.324 e. The van der Waals surface area contributed by atoms with Crippen LogP contribution in [0.2, 0.25) is 0 Å². The van der Waals surface area contributed by atoms with Gasteiger partial charge in [-0.1, -0.05) is 0 Å². The van der Waals surface area contributed by atoms with E-state index in [1.807, 2.05) is 0 Å². The number of carbonyl (C=O) groups is 1. The number of unbranched alkanes of at least 4 members (excludes halogenated alkanes) is 1. The van der Waals surface area contributed by atoms with Gasteiger partial charge in [0, 0.05) is 19.5 Å². The Morgan fingerprint density at radius 2 is 2.38 bits per heavy atom. The molecule has 5 heteroatoms. The highest BCUT2D eigenvalue weighted by atomic mass is 32.2. The first-order valence-corrected chi connectivity index (χ1v) is 6.92. The van der Waals surface area contributed by atoms with Crippen molar-refractivity contribution < 1.29 is 14.6 Å². The second-order valence-electron chi connectivity index (χ2n) is 4.17. The Balaban J connectivity index is 2.30. The molecule has 1 aliphatic heterocycles. The standard InChI is InChI=1S/C11H21NO3S/c1-15-7-3-2-6-12-11(10(13)14)5-4-8-16-9-11/h12H,2-9H2,1H3,(H,13,14). The lowest BCUT2D eigenvalue weighted by Gasteiger charge is -2.33. The first-order chi connectivity index (χ1) is 7.71. The van der Waals surface area contributed by atoms with Gasteiger partial charge in [0.15, 0.2) is 0 Å². The summed E-state index contributed by atoms with van der Waals surface area (Å²) in [5, 5.41) is 12.5. The summed E-state index contributed by atoms with van der Waals surface area (Å²) in [6.45, 7) is 1.51. The zero-order valence-electron chi connectivity index (χ0n) is 9.83. The van der Waals surface area contributed by atoms with Gasteiger partial charge >= 0.3 is 5.97 Å². The molecule has 2 N–H and O–H groups in total. The molecule has 1 rings (SSSR count). The van der Waals surface area contributed by atoms with Crippen LogP contribution in [0.5, 0.6) is 0 Å². The molecule has 1 atom stereocenters. The van der Waals surface area contributed by atoms with Crippen molar-refractivity contribution in [3.05, 3.63) is 0 Å². The highest BCUT2D eigenvalue weighted by Crippen LogP contribution is 2.27. The fraction of sp³-hybridized carbons (Fsp3) is 0.909. The molecule has 1 aliphatic rings. The number of ether oxygens (including phenoxy) is 1. The van der Waals surface area contributed by atoms with Gasteiger partial charge in [-0.2, -0.15) is 11.8 Å². The molecular formula is C11H21NO3S. The van der Waals surface area contributed by atoms with E-state index in [1.165, 1.54) is 0 Å². The minimum Gasteiger partial charge on any atom is -0.480 e. The summed E-state index contributed by atoms with van der Waals surface area (Å²) in [5.74, 6) is 1.07. The fourth-order valence-corrected chi connectivity index (χ4v) is 3.09. The van der Waals surface area contributed by atoms with Gasteiger partial charge in [0.25, 0.3) is 0 Å². The summed E-state index contributed by atoms with van der Waals surface area (Å²) in [5.41, 5.74) is -0.685. The van der Waals surface area contributed by atoms with Crippen LogP contribution in [0.3, 0.4) is 0 Å². The molecule has 0 aromatic carbocycles. The summed E-state index contributed by atoms with van der Waals surface area (Å²) in [4.78, 5) is 11.3. The number of thioether (sulfide) groups is 1. The Labute approximate surface area is 101 Å². The van der Waals surface area contributed by atoms with Crippen LogP contribution in [0.1, 0.15) is 25.7 Å². The largest absolute Gasteiger partial charge is 0.480 e. The third-order valence-corrected chi connectivity index (χ3v) is 4.16. The lowest BCUT2D eigenvalue weighted by Crippen LogP contribution is -2.56. The molecule has 0 aromatic heterocycles. The maximum absolute atomic E-state index is 11.3. The van der Waals surface area contributed by atoms with Crippen molar-refractivity contribution in [3.8, 4) is 0 Å². The molecule has 0 aliphatic carbocycles. The van der Waals surface area contributed by atoms with Crippen molar-refractivity contribution in [1.82, 2.24) is 5.32 Å². The van der Waals surface area contributed by atoms with Gasteiger partial charge in [-0.05, 0) is 38.0 Å². The summed E-state index contributed by atoms with van der Waals surface area (Å²) >= 11 is 1.73. The topological polar surface area (TPSA) is 58.6 Å². The van der Waals surface area contributed by atoms with E-state index in [-0.39, 0.29) is 0 Å². The van der Waals surface area contributed by atoms with Crippen LogP contribution in [0.15, 0.2) is 0 Å². The van der Waals surface area contributed by atoms with E-state index < -0.39 is 11.5 Å². The number of hydrogen-bond acceptors (Lipinski definition) is 4. The van der Waals surface area contributed by atoms with Gasteiger partial charge in [-0.3, -0.25) is 4.79 Å². The second kappa shape index (κ2) is 7.14. The lowest BCUT2D eigenvalue weighted by molar-refractivity contribution is -0.144. The molecule has 0 saturated carbocycles. The molecule has 16 heavy (non-hydrogen) atoms. The van der Waals surface area contributed by atoms with Crippen molar-refractivity contribution in [1.29, 1.82) is 0 Å². The van der Waals surface area contributed by atoms with Crippen molar-refractivity contribution in [3.63, 3.8) is 0 Å². The number of aliphatic carboxylic acids is 1. The third-order valence-electron chi connectivity index (χ3n) is 2.89. The molecule has 0 radical (unpaired) electrons. The molecule has 0 aromatic rings.